The van der Waals surface area contributed by atoms with Gasteiger partial charge in [-0.1, -0.05) is 46.3 Å². The summed E-state index contributed by atoms with van der Waals surface area (Å²) >= 11 is 3.44. The summed E-state index contributed by atoms with van der Waals surface area (Å²) in [6, 6.07) is 18.8. The third-order valence-corrected chi connectivity index (χ3v) is 5.54. The Kier molecular flexibility index (Phi) is 4.70. The molecule has 1 aromatic heterocycles. The number of aromatic nitrogens is 1. The third-order valence-electron chi connectivity index (χ3n) is 5.04. The number of halogens is 1. The molecule has 136 valence electrons. The van der Waals surface area contributed by atoms with Crippen LogP contribution in [-0.4, -0.2) is 16.3 Å². The van der Waals surface area contributed by atoms with Gasteiger partial charge < -0.3 is 9.88 Å². The summed E-state index contributed by atoms with van der Waals surface area (Å²) in [5, 5.41) is 3.03. The summed E-state index contributed by atoms with van der Waals surface area (Å²) in [6.07, 6.45) is 0.701. The van der Waals surface area contributed by atoms with Crippen molar-refractivity contribution in [3.8, 4) is 0 Å². The molecule has 1 N–H and O–H groups in total. The molecular formula is C22H19BrN2O2. The van der Waals surface area contributed by atoms with Crippen LogP contribution in [0.5, 0.6) is 0 Å². The van der Waals surface area contributed by atoms with E-state index in [-0.39, 0.29) is 17.6 Å². The summed E-state index contributed by atoms with van der Waals surface area (Å²) in [6.45, 7) is 2.64. The maximum Gasteiger partial charge on any atom is 0.233 e. The molecule has 2 aromatic carbocycles. The highest BCUT2D eigenvalue weighted by atomic mass is 79.9. The SMILES string of the molecule is Cc1cc(Br)ccc1NC(=O)[C@@H]1CCn2c(C(=O)c3ccccc3)ccc21. The second-order valence-corrected chi connectivity index (χ2v) is 7.70. The van der Waals surface area contributed by atoms with Gasteiger partial charge in [-0.25, -0.2) is 0 Å². The molecule has 0 spiro atoms. The quantitative estimate of drug-likeness (QED) is 0.606. The van der Waals surface area contributed by atoms with E-state index in [0.717, 1.165) is 21.4 Å². The van der Waals surface area contributed by atoms with E-state index in [1.54, 1.807) is 0 Å². The molecule has 0 aliphatic carbocycles. The van der Waals surface area contributed by atoms with E-state index in [9.17, 15) is 9.59 Å². The maximum absolute atomic E-state index is 12.8. The van der Waals surface area contributed by atoms with Crippen LogP contribution >= 0.6 is 15.9 Å². The van der Waals surface area contributed by atoms with Gasteiger partial charge in [-0.05, 0) is 49.2 Å². The molecule has 1 aliphatic rings. The summed E-state index contributed by atoms with van der Waals surface area (Å²) in [5.74, 6) is -0.284. The van der Waals surface area contributed by atoms with Crippen LogP contribution in [0.15, 0.2) is 65.1 Å². The number of hydrogen-bond acceptors (Lipinski definition) is 2. The third kappa shape index (κ3) is 3.35. The lowest BCUT2D eigenvalue weighted by Crippen LogP contribution is -2.20. The van der Waals surface area contributed by atoms with Gasteiger partial charge in [-0.2, -0.15) is 0 Å². The van der Waals surface area contributed by atoms with Gasteiger partial charge in [-0.3, -0.25) is 9.59 Å². The van der Waals surface area contributed by atoms with E-state index in [0.29, 0.717) is 24.2 Å². The largest absolute Gasteiger partial charge is 0.341 e. The van der Waals surface area contributed by atoms with Crippen LogP contribution in [0.1, 0.15) is 39.6 Å². The molecule has 4 rings (SSSR count). The number of carbonyl (C=O) groups is 2. The second-order valence-electron chi connectivity index (χ2n) is 6.78. The molecule has 4 nitrogen and oxygen atoms in total. The van der Waals surface area contributed by atoms with Gasteiger partial charge in [0, 0.05) is 28.0 Å². The van der Waals surface area contributed by atoms with Crippen molar-refractivity contribution in [3.05, 3.63) is 87.7 Å². The monoisotopic (exact) mass is 422 g/mol. The molecule has 0 saturated carbocycles. The summed E-state index contributed by atoms with van der Waals surface area (Å²) in [4.78, 5) is 25.6. The number of carbonyl (C=O) groups excluding carboxylic acids is 2. The van der Waals surface area contributed by atoms with Gasteiger partial charge in [0.15, 0.2) is 0 Å². The fourth-order valence-corrected chi connectivity index (χ4v) is 4.11. The van der Waals surface area contributed by atoms with Crippen molar-refractivity contribution in [2.75, 3.05) is 5.32 Å². The maximum atomic E-state index is 12.8. The molecule has 0 saturated heterocycles. The molecule has 0 unspecified atom stereocenters. The van der Waals surface area contributed by atoms with Gasteiger partial charge in [-0.15, -0.1) is 0 Å². The first kappa shape index (κ1) is 17.7. The highest BCUT2D eigenvalue weighted by molar-refractivity contribution is 9.10. The number of nitrogens with zero attached hydrogens (tertiary/aromatic N) is 1. The Morgan fingerprint density at radius 2 is 1.85 bits per heavy atom. The zero-order valence-corrected chi connectivity index (χ0v) is 16.5. The Labute approximate surface area is 166 Å². The van der Waals surface area contributed by atoms with Crippen LogP contribution in [0.25, 0.3) is 0 Å². The number of benzene rings is 2. The lowest BCUT2D eigenvalue weighted by atomic mass is 10.0. The average Bonchev–Trinajstić information content (AvgIpc) is 3.26. The van der Waals surface area contributed by atoms with Crippen molar-refractivity contribution in [3.63, 3.8) is 0 Å². The van der Waals surface area contributed by atoms with Crippen molar-refractivity contribution in [1.29, 1.82) is 0 Å². The van der Waals surface area contributed by atoms with E-state index in [4.69, 9.17) is 0 Å². The lowest BCUT2D eigenvalue weighted by Gasteiger charge is -2.13. The zero-order valence-electron chi connectivity index (χ0n) is 14.9. The minimum absolute atomic E-state index is 0.00772. The van der Waals surface area contributed by atoms with Crippen molar-refractivity contribution in [2.24, 2.45) is 0 Å². The molecule has 1 atom stereocenters. The van der Waals surface area contributed by atoms with Crippen LogP contribution in [0, 0.1) is 6.92 Å². The number of nitrogens with one attached hydrogen (secondary N) is 1. The van der Waals surface area contributed by atoms with Crippen LogP contribution in [0.4, 0.5) is 5.69 Å². The smallest absolute Gasteiger partial charge is 0.233 e. The first-order valence-corrected chi connectivity index (χ1v) is 9.70. The number of rotatable bonds is 4. The predicted octanol–water partition coefficient (Wildman–Crippen LogP) is 4.92. The first-order chi connectivity index (χ1) is 13.0. The zero-order chi connectivity index (χ0) is 19.0. The highest BCUT2D eigenvalue weighted by Gasteiger charge is 2.32. The average molecular weight is 423 g/mol. The van der Waals surface area contributed by atoms with Gasteiger partial charge in [0.1, 0.15) is 0 Å². The molecule has 0 fully saturated rings. The minimum Gasteiger partial charge on any atom is -0.341 e. The Hall–Kier alpha value is -2.66. The fourth-order valence-electron chi connectivity index (χ4n) is 3.63. The molecule has 5 heteroatoms. The molecule has 27 heavy (non-hydrogen) atoms. The Morgan fingerprint density at radius 1 is 1.07 bits per heavy atom. The second kappa shape index (κ2) is 7.16. The van der Waals surface area contributed by atoms with Gasteiger partial charge in [0.05, 0.1) is 11.6 Å². The summed E-state index contributed by atoms with van der Waals surface area (Å²) in [5.41, 5.74) is 4.03. The fraction of sp³-hybridized carbons (Fsp3) is 0.182. The standard InChI is InChI=1S/C22H19BrN2O2/c1-14-13-16(23)7-8-18(14)24-22(27)17-11-12-25-19(17)9-10-20(25)21(26)15-5-3-2-4-6-15/h2-10,13,17H,11-12H2,1H3,(H,24,27)/t17-/m1/s1. The predicted molar refractivity (Wildman–Crippen MR) is 109 cm³/mol. The van der Waals surface area contributed by atoms with E-state index in [1.165, 1.54) is 0 Å². The van der Waals surface area contributed by atoms with Crippen LogP contribution in [-0.2, 0) is 11.3 Å². The first-order valence-electron chi connectivity index (χ1n) is 8.91. The number of anilines is 1. The van der Waals surface area contributed by atoms with Crippen molar-refractivity contribution in [1.82, 2.24) is 4.57 Å². The molecule has 0 radical (unpaired) electrons. The number of hydrogen-bond donors (Lipinski definition) is 1. The van der Waals surface area contributed by atoms with E-state index >= 15 is 0 Å². The minimum atomic E-state index is -0.245. The van der Waals surface area contributed by atoms with Gasteiger partial charge in [0.25, 0.3) is 0 Å². The lowest BCUT2D eigenvalue weighted by molar-refractivity contribution is -0.117. The highest BCUT2D eigenvalue weighted by Crippen LogP contribution is 2.33. The number of ketones is 1. The molecule has 3 aromatic rings. The molecule has 1 aliphatic heterocycles. The molecular weight excluding hydrogens is 404 g/mol. The van der Waals surface area contributed by atoms with Crippen LogP contribution in [0.2, 0.25) is 0 Å². The normalized spacial score (nSPS) is 15.4. The Bertz CT molecular complexity index is 1020. The van der Waals surface area contributed by atoms with Crippen molar-refractivity contribution in [2.45, 2.75) is 25.8 Å². The molecule has 0 bridgehead atoms. The topological polar surface area (TPSA) is 51.1 Å². The van der Waals surface area contributed by atoms with Gasteiger partial charge in [0.2, 0.25) is 11.7 Å². The van der Waals surface area contributed by atoms with E-state index in [1.807, 2.05) is 72.2 Å². The van der Waals surface area contributed by atoms with Gasteiger partial charge >= 0.3 is 0 Å². The number of fused-ring (bicyclic) bond motifs is 1. The Balaban J connectivity index is 1.57. The number of amides is 1. The van der Waals surface area contributed by atoms with Crippen molar-refractivity contribution >= 4 is 33.3 Å². The summed E-state index contributed by atoms with van der Waals surface area (Å²) in [7, 11) is 0. The molecule has 2 heterocycles. The van der Waals surface area contributed by atoms with E-state index < -0.39 is 0 Å². The van der Waals surface area contributed by atoms with Crippen LogP contribution < -0.4 is 5.32 Å². The molecule has 1 amide bonds. The number of aryl methyl sites for hydroxylation is 1. The van der Waals surface area contributed by atoms with E-state index in [2.05, 4.69) is 21.2 Å². The van der Waals surface area contributed by atoms with Crippen molar-refractivity contribution < 1.29 is 9.59 Å². The van der Waals surface area contributed by atoms with Crippen LogP contribution in [0.3, 0.4) is 0 Å². The summed E-state index contributed by atoms with van der Waals surface area (Å²) < 4.78 is 2.96. The Morgan fingerprint density at radius 3 is 2.59 bits per heavy atom.